The highest BCUT2D eigenvalue weighted by Gasteiger charge is 2.29. The maximum atomic E-state index is 11.2. The van der Waals surface area contributed by atoms with E-state index in [0.29, 0.717) is 6.04 Å². The Bertz CT molecular complexity index is 737. The van der Waals surface area contributed by atoms with Gasteiger partial charge in [0.2, 0.25) is 0 Å². The SMILES string of the molecule is CC1CCC(Cc2cc3cc(C(=O)O)cnc3n2C2CC2)CC1. The Kier molecular flexibility index (Phi) is 3.63. The molecule has 2 aliphatic rings. The van der Waals surface area contributed by atoms with Crippen LogP contribution in [-0.4, -0.2) is 20.6 Å². The quantitative estimate of drug-likeness (QED) is 0.908. The van der Waals surface area contributed by atoms with Crippen LogP contribution in [0.2, 0.25) is 0 Å². The van der Waals surface area contributed by atoms with Crippen molar-refractivity contribution in [3.8, 4) is 0 Å². The molecule has 0 aromatic carbocycles. The van der Waals surface area contributed by atoms with Crippen molar-refractivity contribution < 1.29 is 9.90 Å². The van der Waals surface area contributed by atoms with Crippen LogP contribution < -0.4 is 0 Å². The number of fused-ring (bicyclic) bond motifs is 1. The van der Waals surface area contributed by atoms with Crippen molar-refractivity contribution in [1.82, 2.24) is 9.55 Å². The predicted octanol–water partition coefficient (Wildman–Crippen LogP) is 4.44. The maximum Gasteiger partial charge on any atom is 0.337 e. The number of carbonyl (C=O) groups is 1. The molecule has 0 amide bonds. The molecule has 4 heteroatoms. The van der Waals surface area contributed by atoms with Gasteiger partial charge in [0.05, 0.1) is 5.56 Å². The third-order valence-electron chi connectivity index (χ3n) is 5.55. The van der Waals surface area contributed by atoms with Crippen LogP contribution in [0.5, 0.6) is 0 Å². The number of carboxylic acids is 1. The molecule has 2 heterocycles. The molecular formula is C19H24N2O2. The molecule has 0 saturated heterocycles. The van der Waals surface area contributed by atoms with Crippen LogP contribution in [0.3, 0.4) is 0 Å². The number of carboxylic acid groups (broad SMARTS) is 1. The van der Waals surface area contributed by atoms with Crippen molar-refractivity contribution >= 4 is 17.0 Å². The van der Waals surface area contributed by atoms with Gasteiger partial charge in [-0.1, -0.05) is 19.8 Å². The second-order valence-corrected chi connectivity index (χ2v) is 7.51. The number of aromatic nitrogens is 2. The van der Waals surface area contributed by atoms with Gasteiger partial charge < -0.3 is 9.67 Å². The second-order valence-electron chi connectivity index (χ2n) is 7.51. The lowest BCUT2D eigenvalue weighted by Crippen LogP contribution is -2.16. The Morgan fingerprint density at radius 3 is 2.61 bits per heavy atom. The summed E-state index contributed by atoms with van der Waals surface area (Å²) in [6.07, 6.45) is 10.4. The molecule has 4 rings (SSSR count). The molecule has 0 atom stereocenters. The van der Waals surface area contributed by atoms with E-state index in [1.54, 1.807) is 6.07 Å². The third-order valence-corrected chi connectivity index (χ3v) is 5.55. The van der Waals surface area contributed by atoms with Crippen molar-refractivity contribution in [2.45, 2.75) is 57.9 Å². The van der Waals surface area contributed by atoms with Gasteiger partial charge in [0, 0.05) is 23.3 Å². The molecule has 2 saturated carbocycles. The summed E-state index contributed by atoms with van der Waals surface area (Å²) in [5.74, 6) is 0.744. The second kappa shape index (κ2) is 5.66. The number of nitrogens with zero attached hydrogens (tertiary/aromatic N) is 2. The van der Waals surface area contributed by atoms with E-state index in [9.17, 15) is 9.90 Å². The molecule has 4 nitrogen and oxygen atoms in total. The summed E-state index contributed by atoms with van der Waals surface area (Å²) in [7, 11) is 0. The molecule has 2 aromatic heterocycles. The average Bonchev–Trinajstić information content (AvgIpc) is 3.30. The minimum absolute atomic E-state index is 0.281. The Morgan fingerprint density at radius 1 is 1.22 bits per heavy atom. The third kappa shape index (κ3) is 2.87. The molecule has 1 N–H and O–H groups in total. The summed E-state index contributed by atoms with van der Waals surface area (Å²) in [5.41, 5.74) is 2.61. The zero-order valence-electron chi connectivity index (χ0n) is 13.7. The van der Waals surface area contributed by atoms with E-state index in [4.69, 9.17) is 0 Å². The normalized spacial score (nSPS) is 24.9. The van der Waals surface area contributed by atoms with Crippen LogP contribution in [0.15, 0.2) is 18.3 Å². The van der Waals surface area contributed by atoms with Crippen LogP contribution in [0.25, 0.3) is 11.0 Å². The lowest BCUT2D eigenvalue weighted by molar-refractivity contribution is 0.0696. The van der Waals surface area contributed by atoms with E-state index < -0.39 is 5.97 Å². The Labute approximate surface area is 136 Å². The number of rotatable bonds is 4. The molecule has 0 unspecified atom stereocenters. The van der Waals surface area contributed by atoms with Gasteiger partial charge in [0.15, 0.2) is 0 Å². The van der Waals surface area contributed by atoms with E-state index in [2.05, 4.69) is 22.5 Å². The Balaban J connectivity index is 1.67. The highest BCUT2D eigenvalue weighted by molar-refractivity contribution is 5.92. The summed E-state index contributed by atoms with van der Waals surface area (Å²) in [4.78, 5) is 15.7. The lowest BCUT2D eigenvalue weighted by Gasteiger charge is -2.26. The van der Waals surface area contributed by atoms with Gasteiger partial charge in [0.25, 0.3) is 0 Å². The summed E-state index contributed by atoms with van der Waals surface area (Å²) in [6, 6.07) is 4.54. The Morgan fingerprint density at radius 2 is 1.96 bits per heavy atom. The van der Waals surface area contributed by atoms with Gasteiger partial charge in [-0.2, -0.15) is 0 Å². The van der Waals surface area contributed by atoms with E-state index in [-0.39, 0.29) is 5.56 Å². The van der Waals surface area contributed by atoms with Crippen molar-refractivity contribution in [2.24, 2.45) is 11.8 Å². The van der Waals surface area contributed by atoms with Crippen molar-refractivity contribution in [1.29, 1.82) is 0 Å². The first-order valence-corrected chi connectivity index (χ1v) is 8.85. The molecule has 122 valence electrons. The molecule has 2 fully saturated rings. The van der Waals surface area contributed by atoms with Crippen LogP contribution in [0, 0.1) is 11.8 Å². The fraction of sp³-hybridized carbons (Fsp3) is 0.579. The smallest absolute Gasteiger partial charge is 0.337 e. The van der Waals surface area contributed by atoms with Crippen molar-refractivity contribution in [3.05, 3.63) is 29.6 Å². The minimum Gasteiger partial charge on any atom is -0.478 e. The van der Waals surface area contributed by atoms with Gasteiger partial charge in [-0.3, -0.25) is 0 Å². The molecule has 0 spiro atoms. The molecular weight excluding hydrogens is 288 g/mol. The van der Waals surface area contributed by atoms with Crippen molar-refractivity contribution in [2.75, 3.05) is 0 Å². The van der Waals surface area contributed by atoms with Crippen LogP contribution in [0.1, 0.15) is 67.5 Å². The predicted molar refractivity (Wildman–Crippen MR) is 89.8 cm³/mol. The Hall–Kier alpha value is -1.84. The number of pyridine rings is 1. The molecule has 2 aromatic rings. The first-order chi connectivity index (χ1) is 11.1. The standard InChI is InChI=1S/C19H24N2O2/c1-12-2-4-13(5-3-12)8-17-10-14-9-15(19(22)23)11-20-18(14)21(17)16-6-7-16/h9-13,16H,2-8H2,1H3,(H,22,23). The van der Waals surface area contributed by atoms with Crippen LogP contribution in [-0.2, 0) is 6.42 Å². The molecule has 2 aliphatic carbocycles. The lowest BCUT2D eigenvalue weighted by atomic mass is 9.81. The van der Waals surface area contributed by atoms with E-state index in [0.717, 1.165) is 29.3 Å². The van der Waals surface area contributed by atoms with E-state index >= 15 is 0 Å². The van der Waals surface area contributed by atoms with Gasteiger partial charge in [-0.25, -0.2) is 9.78 Å². The summed E-state index contributed by atoms with van der Waals surface area (Å²) in [5, 5.41) is 10.2. The summed E-state index contributed by atoms with van der Waals surface area (Å²) < 4.78 is 2.39. The highest BCUT2D eigenvalue weighted by Crippen LogP contribution is 2.41. The first-order valence-electron chi connectivity index (χ1n) is 8.85. The van der Waals surface area contributed by atoms with Crippen molar-refractivity contribution in [3.63, 3.8) is 0 Å². The zero-order valence-corrected chi connectivity index (χ0v) is 13.7. The summed E-state index contributed by atoms with van der Waals surface area (Å²) >= 11 is 0. The van der Waals surface area contributed by atoms with Gasteiger partial charge in [-0.05, 0) is 56.1 Å². The maximum absolute atomic E-state index is 11.2. The van der Waals surface area contributed by atoms with Gasteiger partial charge in [-0.15, -0.1) is 0 Å². The van der Waals surface area contributed by atoms with E-state index in [1.807, 2.05) is 0 Å². The number of aromatic carboxylic acids is 1. The fourth-order valence-electron chi connectivity index (χ4n) is 4.01. The van der Waals surface area contributed by atoms with Crippen LogP contribution in [0.4, 0.5) is 0 Å². The monoisotopic (exact) mass is 312 g/mol. The molecule has 0 bridgehead atoms. The number of hydrogen-bond donors (Lipinski definition) is 1. The largest absolute Gasteiger partial charge is 0.478 e. The summed E-state index contributed by atoms with van der Waals surface area (Å²) in [6.45, 7) is 2.36. The van der Waals surface area contributed by atoms with E-state index in [1.165, 1.54) is 50.4 Å². The number of hydrogen-bond acceptors (Lipinski definition) is 2. The van der Waals surface area contributed by atoms with Crippen LogP contribution >= 0.6 is 0 Å². The minimum atomic E-state index is -0.901. The first kappa shape index (κ1) is 14.7. The molecule has 0 radical (unpaired) electrons. The topological polar surface area (TPSA) is 55.1 Å². The van der Waals surface area contributed by atoms with Gasteiger partial charge >= 0.3 is 5.97 Å². The fourth-order valence-corrected chi connectivity index (χ4v) is 4.01. The molecule has 0 aliphatic heterocycles. The average molecular weight is 312 g/mol. The molecule has 23 heavy (non-hydrogen) atoms. The highest BCUT2D eigenvalue weighted by atomic mass is 16.4. The zero-order chi connectivity index (χ0) is 16.0. The van der Waals surface area contributed by atoms with Gasteiger partial charge in [0.1, 0.15) is 5.65 Å².